The summed E-state index contributed by atoms with van der Waals surface area (Å²) in [4.78, 5) is 25.9. The molecule has 0 aliphatic heterocycles. The highest BCUT2D eigenvalue weighted by Gasteiger charge is 2.24. The Balaban J connectivity index is 4.59. The van der Waals surface area contributed by atoms with Crippen molar-refractivity contribution in [2.75, 3.05) is 6.61 Å². The van der Waals surface area contributed by atoms with Gasteiger partial charge >= 0.3 is 5.97 Å². The van der Waals surface area contributed by atoms with Gasteiger partial charge in [0.05, 0.1) is 25.2 Å². The Morgan fingerprint density at radius 3 is 1.69 bits per heavy atom. The molecule has 3 atom stereocenters. The summed E-state index contributed by atoms with van der Waals surface area (Å²) in [5, 5.41) is 23.6. The van der Waals surface area contributed by atoms with Crippen molar-refractivity contribution in [3.05, 3.63) is 48.6 Å². The molecular formula is C46H83NO5. The number of amides is 1. The van der Waals surface area contributed by atoms with Crippen molar-refractivity contribution in [1.82, 2.24) is 5.32 Å². The standard InChI is InChI=1S/C46H83NO5/c1-4-7-10-13-16-19-21-22-24-27-30-33-36-39-46(51)52-42(37-34-31-28-25-18-15-12-9-6-3)40-45(50)47-43(41-48)44(49)38-35-32-29-26-23-20-17-14-11-8-5-2/h7,10,13,15-16,18-19,21,42-44,48-49H,4-6,8-9,11-12,14,17,20,22-41H2,1-3H3,(H,47,50)/b10-7+,16-13+,18-15-,21-19-. The van der Waals surface area contributed by atoms with Gasteiger partial charge in [0.15, 0.2) is 0 Å². The Labute approximate surface area is 321 Å². The van der Waals surface area contributed by atoms with Crippen LogP contribution in [-0.2, 0) is 14.3 Å². The van der Waals surface area contributed by atoms with E-state index in [1.807, 2.05) is 0 Å². The minimum Gasteiger partial charge on any atom is -0.462 e. The third-order valence-corrected chi connectivity index (χ3v) is 9.70. The van der Waals surface area contributed by atoms with Gasteiger partial charge in [0.1, 0.15) is 6.10 Å². The molecule has 0 aromatic heterocycles. The van der Waals surface area contributed by atoms with Crippen LogP contribution in [0.5, 0.6) is 0 Å². The molecule has 0 fully saturated rings. The molecule has 0 rings (SSSR count). The third kappa shape index (κ3) is 34.9. The van der Waals surface area contributed by atoms with Crippen LogP contribution < -0.4 is 5.32 Å². The number of carbonyl (C=O) groups is 2. The molecule has 1 amide bonds. The van der Waals surface area contributed by atoms with Crippen LogP contribution in [-0.4, -0.2) is 46.9 Å². The number of aliphatic hydroxyl groups excluding tert-OH is 2. The van der Waals surface area contributed by atoms with E-state index in [1.54, 1.807) is 0 Å². The van der Waals surface area contributed by atoms with Gasteiger partial charge in [-0.15, -0.1) is 0 Å². The van der Waals surface area contributed by atoms with E-state index in [0.717, 1.165) is 96.3 Å². The van der Waals surface area contributed by atoms with Crippen LogP contribution in [0.3, 0.4) is 0 Å². The Kier molecular flexibility index (Phi) is 38.3. The number of allylic oxidation sites excluding steroid dienone is 8. The number of hydrogen-bond donors (Lipinski definition) is 3. The van der Waals surface area contributed by atoms with E-state index in [4.69, 9.17) is 4.74 Å². The molecule has 0 radical (unpaired) electrons. The maximum Gasteiger partial charge on any atom is 0.306 e. The normalized spacial score (nSPS) is 13.9. The molecule has 6 heteroatoms. The van der Waals surface area contributed by atoms with Gasteiger partial charge in [0.2, 0.25) is 5.91 Å². The lowest BCUT2D eigenvalue weighted by molar-refractivity contribution is -0.151. The summed E-state index contributed by atoms with van der Waals surface area (Å²) >= 11 is 0. The van der Waals surface area contributed by atoms with Crippen molar-refractivity contribution in [3.8, 4) is 0 Å². The first-order valence-corrected chi connectivity index (χ1v) is 21.9. The number of carbonyl (C=O) groups excluding carboxylic acids is 2. The molecule has 0 saturated heterocycles. The number of nitrogens with one attached hydrogen (secondary N) is 1. The van der Waals surface area contributed by atoms with Gasteiger partial charge in [-0.1, -0.05) is 179 Å². The Bertz CT molecular complexity index is 910. The van der Waals surface area contributed by atoms with Crippen molar-refractivity contribution >= 4 is 11.9 Å². The monoisotopic (exact) mass is 730 g/mol. The maximum absolute atomic E-state index is 13.1. The Morgan fingerprint density at radius 2 is 1.08 bits per heavy atom. The van der Waals surface area contributed by atoms with Crippen LogP contribution in [0.15, 0.2) is 48.6 Å². The van der Waals surface area contributed by atoms with Crippen molar-refractivity contribution < 1.29 is 24.5 Å². The minimum atomic E-state index is -0.792. The second-order valence-corrected chi connectivity index (χ2v) is 14.8. The van der Waals surface area contributed by atoms with Crippen molar-refractivity contribution in [2.45, 2.75) is 225 Å². The highest BCUT2D eigenvalue weighted by molar-refractivity contribution is 5.77. The van der Waals surface area contributed by atoms with E-state index < -0.39 is 18.2 Å². The van der Waals surface area contributed by atoms with E-state index in [2.05, 4.69) is 74.7 Å². The molecule has 0 saturated carbocycles. The van der Waals surface area contributed by atoms with Gasteiger partial charge in [-0.25, -0.2) is 0 Å². The summed E-state index contributed by atoms with van der Waals surface area (Å²) < 4.78 is 5.86. The Morgan fingerprint density at radius 1 is 0.577 bits per heavy atom. The fourth-order valence-electron chi connectivity index (χ4n) is 6.35. The largest absolute Gasteiger partial charge is 0.462 e. The number of rotatable bonds is 38. The molecule has 0 aromatic carbocycles. The van der Waals surface area contributed by atoms with E-state index in [-0.39, 0.29) is 24.9 Å². The van der Waals surface area contributed by atoms with E-state index >= 15 is 0 Å². The molecule has 52 heavy (non-hydrogen) atoms. The van der Waals surface area contributed by atoms with Crippen LogP contribution in [0.1, 0.15) is 207 Å². The van der Waals surface area contributed by atoms with E-state index in [1.165, 1.54) is 64.2 Å². The average molecular weight is 730 g/mol. The highest BCUT2D eigenvalue weighted by atomic mass is 16.5. The van der Waals surface area contributed by atoms with Gasteiger partial charge in [-0.2, -0.15) is 0 Å². The van der Waals surface area contributed by atoms with E-state index in [9.17, 15) is 19.8 Å². The molecule has 302 valence electrons. The van der Waals surface area contributed by atoms with Gasteiger partial charge in [-0.05, 0) is 64.2 Å². The SMILES string of the molecule is CC/C=C/C=C/C=C\CCCCCCCC(=O)OC(CCCCC/C=C\CCCC)CC(=O)NC(CO)C(O)CCCCCCCCCCCCC. The summed E-state index contributed by atoms with van der Waals surface area (Å²) in [6, 6.07) is -0.707. The lowest BCUT2D eigenvalue weighted by atomic mass is 10.0. The van der Waals surface area contributed by atoms with Crippen LogP contribution in [0.2, 0.25) is 0 Å². The maximum atomic E-state index is 13.1. The molecule has 0 bridgehead atoms. The first-order valence-electron chi connectivity index (χ1n) is 21.9. The van der Waals surface area contributed by atoms with E-state index in [0.29, 0.717) is 19.3 Å². The zero-order valence-electron chi connectivity index (χ0n) is 34.2. The molecule has 0 heterocycles. The van der Waals surface area contributed by atoms with Gasteiger partial charge in [-0.3, -0.25) is 9.59 Å². The summed E-state index contributed by atoms with van der Waals surface area (Å²) in [5.41, 5.74) is 0. The second kappa shape index (κ2) is 40.0. The molecule has 3 unspecified atom stereocenters. The quantitative estimate of drug-likeness (QED) is 0.0254. The van der Waals surface area contributed by atoms with Crippen molar-refractivity contribution in [3.63, 3.8) is 0 Å². The molecule has 0 aliphatic carbocycles. The minimum absolute atomic E-state index is 0.0575. The summed E-state index contributed by atoms with van der Waals surface area (Å²) in [7, 11) is 0. The van der Waals surface area contributed by atoms with Crippen LogP contribution in [0.25, 0.3) is 0 Å². The molecule has 0 aromatic rings. The van der Waals surface area contributed by atoms with Crippen LogP contribution in [0.4, 0.5) is 0 Å². The molecule has 0 aliphatic rings. The first-order chi connectivity index (χ1) is 25.5. The molecule has 0 spiro atoms. The number of unbranched alkanes of at least 4 members (excludes halogenated alkanes) is 20. The predicted molar refractivity (Wildman–Crippen MR) is 222 cm³/mol. The first kappa shape index (κ1) is 49.8. The summed E-state index contributed by atoms with van der Waals surface area (Å²) in [6.07, 6.45) is 46.0. The number of aliphatic hydroxyl groups is 2. The number of esters is 1. The molecular weight excluding hydrogens is 647 g/mol. The van der Waals surface area contributed by atoms with Gasteiger partial charge in [0.25, 0.3) is 0 Å². The summed E-state index contributed by atoms with van der Waals surface area (Å²) in [5.74, 6) is -0.519. The average Bonchev–Trinajstić information content (AvgIpc) is 3.13. The lowest BCUT2D eigenvalue weighted by Crippen LogP contribution is -2.46. The van der Waals surface area contributed by atoms with Gasteiger partial charge < -0.3 is 20.3 Å². The van der Waals surface area contributed by atoms with Crippen LogP contribution >= 0.6 is 0 Å². The number of ether oxygens (including phenoxy) is 1. The highest BCUT2D eigenvalue weighted by Crippen LogP contribution is 2.17. The van der Waals surface area contributed by atoms with Crippen molar-refractivity contribution in [1.29, 1.82) is 0 Å². The van der Waals surface area contributed by atoms with Gasteiger partial charge in [0, 0.05) is 6.42 Å². The summed E-state index contributed by atoms with van der Waals surface area (Å²) in [6.45, 7) is 6.27. The second-order valence-electron chi connectivity index (χ2n) is 14.8. The zero-order valence-corrected chi connectivity index (χ0v) is 34.2. The van der Waals surface area contributed by atoms with Crippen molar-refractivity contribution in [2.24, 2.45) is 0 Å². The fourth-order valence-corrected chi connectivity index (χ4v) is 6.35. The Hall–Kier alpha value is -2.18. The number of hydrogen-bond acceptors (Lipinski definition) is 5. The smallest absolute Gasteiger partial charge is 0.306 e. The third-order valence-electron chi connectivity index (χ3n) is 9.70. The molecule has 6 nitrogen and oxygen atoms in total. The van der Waals surface area contributed by atoms with Crippen LogP contribution in [0, 0.1) is 0 Å². The lowest BCUT2D eigenvalue weighted by Gasteiger charge is -2.24. The topological polar surface area (TPSA) is 95.9 Å². The zero-order chi connectivity index (χ0) is 38.2. The fraction of sp³-hybridized carbons (Fsp3) is 0.783. The molecule has 3 N–H and O–H groups in total. The predicted octanol–water partition coefficient (Wildman–Crippen LogP) is 12.3.